The van der Waals surface area contributed by atoms with Crippen molar-refractivity contribution < 1.29 is 22.7 Å². The number of nitrogens with one attached hydrogen (secondary N) is 2. The van der Waals surface area contributed by atoms with Gasteiger partial charge in [0.15, 0.2) is 9.84 Å². The van der Waals surface area contributed by atoms with Gasteiger partial charge in [0, 0.05) is 6.04 Å². The lowest BCUT2D eigenvalue weighted by Crippen LogP contribution is -2.44. The maximum atomic E-state index is 11.2. The van der Waals surface area contributed by atoms with Crippen molar-refractivity contribution in [2.75, 3.05) is 25.2 Å². The van der Waals surface area contributed by atoms with Crippen LogP contribution in [0.25, 0.3) is 0 Å². The van der Waals surface area contributed by atoms with Gasteiger partial charge in [-0.3, -0.25) is 4.79 Å². The Labute approximate surface area is 93.4 Å². The molecule has 0 aliphatic carbocycles. The Hall–Kier alpha value is -1.31. The minimum Gasteiger partial charge on any atom is -0.468 e. The first kappa shape index (κ1) is 12.8. The van der Waals surface area contributed by atoms with Gasteiger partial charge in [0.2, 0.25) is 0 Å². The monoisotopic (exact) mass is 250 g/mol. The summed E-state index contributed by atoms with van der Waals surface area (Å²) in [6, 6.07) is -0.935. The van der Waals surface area contributed by atoms with Gasteiger partial charge in [-0.25, -0.2) is 13.2 Å². The molecule has 1 rings (SSSR count). The highest BCUT2D eigenvalue weighted by atomic mass is 32.2. The highest BCUT2D eigenvalue weighted by Crippen LogP contribution is 2.10. The zero-order chi connectivity index (χ0) is 12.2. The molecule has 0 radical (unpaired) electrons. The molecule has 1 unspecified atom stereocenters. The summed E-state index contributed by atoms with van der Waals surface area (Å²) in [5, 5.41) is 4.75. The average molecular weight is 250 g/mol. The van der Waals surface area contributed by atoms with Crippen LogP contribution >= 0.6 is 0 Å². The number of esters is 1. The third-order valence-electron chi connectivity index (χ3n) is 2.19. The van der Waals surface area contributed by atoms with Crippen LogP contribution in [0.2, 0.25) is 0 Å². The Kier molecular flexibility index (Phi) is 4.11. The fourth-order valence-electron chi connectivity index (χ4n) is 1.37. The van der Waals surface area contributed by atoms with Crippen LogP contribution in [0.1, 0.15) is 6.42 Å². The van der Waals surface area contributed by atoms with Crippen LogP contribution in [-0.4, -0.2) is 51.6 Å². The molecule has 1 aliphatic heterocycles. The summed E-state index contributed by atoms with van der Waals surface area (Å²) in [4.78, 5) is 21.9. The number of urea groups is 1. The van der Waals surface area contributed by atoms with Crippen LogP contribution in [-0.2, 0) is 19.4 Å². The van der Waals surface area contributed by atoms with Gasteiger partial charge in [0.25, 0.3) is 0 Å². The molecular weight excluding hydrogens is 236 g/mol. The van der Waals surface area contributed by atoms with Crippen molar-refractivity contribution in [1.29, 1.82) is 0 Å². The van der Waals surface area contributed by atoms with E-state index < -0.39 is 21.8 Å². The van der Waals surface area contributed by atoms with Crippen molar-refractivity contribution >= 4 is 21.8 Å². The summed E-state index contributed by atoms with van der Waals surface area (Å²) in [7, 11) is -1.80. The first-order chi connectivity index (χ1) is 7.43. The highest BCUT2D eigenvalue weighted by Gasteiger charge is 2.28. The van der Waals surface area contributed by atoms with Crippen LogP contribution in [0, 0.1) is 0 Å². The largest absolute Gasteiger partial charge is 0.468 e. The van der Waals surface area contributed by atoms with Crippen LogP contribution < -0.4 is 10.6 Å². The van der Waals surface area contributed by atoms with Gasteiger partial charge in [0.1, 0.15) is 6.54 Å². The van der Waals surface area contributed by atoms with Crippen molar-refractivity contribution in [3.8, 4) is 0 Å². The minimum absolute atomic E-state index is 0.0430. The van der Waals surface area contributed by atoms with E-state index in [1.165, 1.54) is 7.11 Å². The number of rotatable bonds is 3. The van der Waals surface area contributed by atoms with Gasteiger partial charge < -0.3 is 15.4 Å². The molecule has 2 amide bonds. The molecule has 7 nitrogen and oxygen atoms in total. The molecule has 0 aromatic rings. The summed E-state index contributed by atoms with van der Waals surface area (Å²) >= 11 is 0. The smallest absolute Gasteiger partial charge is 0.325 e. The summed E-state index contributed by atoms with van der Waals surface area (Å²) < 4.78 is 26.5. The lowest BCUT2D eigenvalue weighted by Gasteiger charge is -2.11. The molecule has 1 heterocycles. The fourth-order valence-corrected chi connectivity index (χ4v) is 3.04. The highest BCUT2D eigenvalue weighted by molar-refractivity contribution is 7.91. The molecule has 1 atom stereocenters. The van der Waals surface area contributed by atoms with Crippen LogP contribution in [0.3, 0.4) is 0 Å². The number of carbonyl (C=O) groups is 2. The molecule has 1 saturated heterocycles. The van der Waals surface area contributed by atoms with Crippen molar-refractivity contribution in [3.05, 3.63) is 0 Å². The van der Waals surface area contributed by atoms with Crippen molar-refractivity contribution in [2.45, 2.75) is 12.5 Å². The van der Waals surface area contributed by atoms with E-state index in [0.29, 0.717) is 6.42 Å². The Balaban J connectivity index is 2.28. The summed E-state index contributed by atoms with van der Waals surface area (Å²) in [5.74, 6) is -0.512. The number of ether oxygens (including phenoxy) is 1. The molecule has 0 aromatic heterocycles. The van der Waals surface area contributed by atoms with Crippen molar-refractivity contribution in [2.24, 2.45) is 0 Å². The Bertz CT molecular complexity index is 378. The third kappa shape index (κ3) is 4.05. The second kappa shape index (κ2) is 5.15. The number of hydrogen-bond donors (Lipinski definition) is 2. The Morgan fingerprint density at radius 3 is 2.62 bits per heavy atom. The molecule has 0 spiro atoms. The summed E-state index contributed by atoms with van der Waals surface area (Å²) in [6.07, 6.45) is 0.411. The van der Waals surface area contributed by atoms with Crippen LogP contribution in [0.15, 0.2) is 0 Å². The second-order valence-electron chi connectivity index (χ2n) is 3.50. The number of amides is 2. The van der Waals surface area contributed by atoms with Crippen LogP contribution in [0.5, 0.6) is 0 Å². The van der Waals surface area contributed by atoms with Gasteiger partial charge >= 0.3 is 12.0 Å². The molecule has 92 valence electrons. The topological polar surface area (TPSA) is 102 Å². The van der Waals surface area contributed by atoms with E-state index in [-0.39, 0.29) is 24.1 Å². The van der Waals surface area contributed by atoms with E-state index in [0.717, 1.165) is 0 Å². The van der Waals surface area contributed by atoms with Gasteiger partial charge in [0.05, 0.1) is 18.6 Å². The number of methoxy groups -OCH3 is 1. The Morgan fingerprint density at radius 2 is 2.12 bits per heavy atom. The van der Waals surface area contributed by atoms with Gasteiger partial charge in [-0.05, 0) is 6.42 Å². The second-order valence-corrected chi connectivity index (χ2v) is 5.73. The molecule has 1 fully saturated rings. The normalized spacial score (nSPS) is 22.4. The minimum atomic E-state index is -3.01. The third-order valence-corrected chi connectivity index (χ3v) is 3.96. The molecule has 16 heavy (non-hydrogen) atoms. The first-order valence-corrected chi connectivity index (χ1v) is 6.56. The lowest BCUT2D eigenvalue weighted by atomic mass is 10.3. The average Bonchev–Trinajstić information content (AvgIpc) is 2.54. The van der Waals surface area contributed by atoms with E-state index in [2.05, 4.69) is 15.4 Å². The van der Waals surface area contributed by atoms with Gasteiger partial charge in [-0.2, -0.15) is 0 Å². The maximum absolute atomic E-state index is 11.2. The molecule has 0 bridgehead atoms. The van der Waals surface area contributed by atoms with Gasteiger partial charge in [-0.15, -0.1) is 0 Å². The molecule has 8 heteroatoms. The Morgan fingerprint density at radius 1 is 1.44 bits per heavy atom. The predicted octanol–water partition coefficient (Wildman–Crippen LogP) is -1.35. The van der Waals surface area contributed by atoms with Gasteiger partial charge in [-0.1, -0.05) is 0 Å². The molecule has 1 aliphatic rings. The zero-order valence-electron chi connectivity index (χ0n) is 8.86. The molecule has 0 saturated carbocycles. The zero-order valence-corrected chi connectivity index (χ0v) is 9.67. The first-order valence-electron chi connectivity index (χ1n) is 4.74. The van der Waals surface area contributed by atoms with E-state index in [9.17, 15) is 18.0 Å². The molecular formula is C8H14N2O5S. The summed E-state index contributed by atoms with van der Waals surface area (Å²) in [5.41, 5.74) is 0. The van der Waals surface area contributed by atoms with E-state index in [4.69, 9.17) is 0 Å². The van der Waals surface area contributed by atoms with E-state index in [1.807, 2.05) is 0 Å². The number of sulfone groups is 1. The SMILES string of the molecule is COC(=O)CNC(=O)NC1CCS(=O)(=O)C1. The lowest BCUT2D eigenvalue weighted by molar-refractivity contribution is -0.139. The maximum Gasteiger partial charge on any atom is 0.325 e. The number of carbonyl (C=O) groups excluding carboxylic acids is 2. The van der Waals surface area contributed by atoms with E-state index >= 15 is 0 Å². The van der Waals surface area contributed by atoms with Crippen molar-refractivity contribution in [1.82, 2.24) is 10.6 Å². The standard InChI is InChI=1S/C8H14N2O5S/c1-15-7(11)4-9-8(12)10-6-2-3-16(13,14)5-6/h6H,2-5H2,1H3,(H2,9,10,12). The predicted molar refractivity (Wildman–Crippen MR) is 55.6 cm³/mol. The molecule has 2 N–H and O–H groups in total. The summed E-state index contributed by atoms with van der Waals surface area (Å²) in [6.45, 7) is -0.234. The molecule has 0 aromatic carbocycles. The fraction of sp³-hybridized carbons (Fsp3) is 0.750. The van der Waals surface area contributed by atoms with E-state index in [1.54, 1.807) is 0 Å². The number of hydrogen-bond acceptors (Lipinski definition) is 5. The van der Waals surface area contributed by atoms with Crippen molar-refractivity contribution in [3.63, 3.8) is 0 Å². The van der Waals surface area contributed by atoms with Crippen LogP contribution in [0.4, 0.5) is 4.79 Å². The quantitative estimate of drug-likeness (QED) is 0.603.